The van der Waals surface area contributed by atoms with Crippen LogP contribution in [0.2, 0.25) is 0 Å². The molecule has 0 amide bonds. The van der Waals surface area contributed by atoms with Gasteiger partial charge >= 0.3 is 7.60 Å². The fraction of sp³-hybridized carbons (Fsp3) is 0.364. The molecule has 0 saturated carbocycles. The van der Waals surface area contributed by atoms with Crippen molar-refractivity contribution in [3.8, 4) is 0 Å². The Bertz CT molecular complexity index is 752. The van der Waals surface area contributed by atoms with E-state index in [0.717, 1.165) is 5.57 Å². The average Bonchev–Trinajstić information content (AvgIpc) is 2.79. The number of hydrogen-bond donors (Lipinski definition) is 4. The first-order valence-electron chi connectivity index (χ1n) is 6.30. The van der Waals surface area contributed by atoms with E-state index in [-0.39, 0.29) is 18.4 Å². The maximum atomic E-state index is 10.8. The first-order chi connectivity index (χ1) is 10.3. The van der Waals surface area contributed by atoms with Gasteiger partial charge in [-0.15, -0.1) is 0 Å². The third-order valence-electron chi connectivity index (χ3n) is 2.84. The summed E-state index contributed by atoms with van der Waals surface area (Å²) in [4.78, 5) is 29.6. The summed E-state index contributed by atoms with van der Waals surface area (Å²) < 4.78 is 17.5. The molecule has 120 valence electrons. The number of ether oxygens (including phenoxy) is 1. The van der Waals surface area contributed by atoms with Gasteiger partial charge in [-0.1, -0.05) is 6.08 Å². The van der Waals surface area contributed by atoms with Crippen molar-refractivity contribution in [2.75, 3.05) is 24.4 Å². The van der Waals surface area contributed by atoms with Gasteiger partial charge in [0.1, 0.15) is 11.9 Å². The Morgan fingerprint density at radius 2 is 2.18 bits per heavy atom. The first-order valence-corrected chi connectivity index (χ1v) is 8.10. The number of allylic oxidation sites excluding steroid dienone is 1. The second-order valence-corrected chi connectivity index (χ2v) is 6.19. The lowest BCUT2D eigenvalue weighted by molar-refractivity contribution is 0.176. The molecular formula is C11H17N6O4P. The third kappa shape index (κ3) is 4.01. The molecule has 0 radical (unpaired) electrons. The fourth-order valence-corrected chi connectivity index (χ4v) is 2.16. The summed E-state index contributed by atoms with van der Waals surface area (Å²) in [5.74, 6) is 0.243. The van der Waals surface area contributed by atoms with E-state index in [9.17, 15) is 4.57 Å². The molecule has 0 bridgehead atoms. The van der Waals surface area contributed by atoms with Gasteiger partial charge in [0.05, 0.1) is 12.9 Å². The molecule has 0 aliphatic heterocycles. The van der Waals surface area contributed by atoms with Crippen molar-refractivity contribution in [3.05, 3.63) is 18.0 Å². The molecule has 11 heteroatoms. The third-order valence-corrected chi connectivity index (χ3v) is 3.36. The zero-order chi connectivity index (χ0) is 16.3. The minimum Gasteiger partial charge on any atom is -0.382 e. The van der Waals surface area contributed by atoms with Crippen LogP contribution in [0.4, 0.5) is 11.8 Å². The minimum atomic E-state index is -4.18. The Balaban J connectivity index is 2.14. The summed E-state index contributed by atoms with van der Waals surface area (Å²) in [6, 6.07) is 0. The van der Waals surface area contributed by atoms with Crippen LogP contribution in [0.3, 0.4) is 0 Å². The van der Waals surface area contributed by atoms with Crippen LogP contribution in [0.15, 0.2) is 18.0 Å². The number of imidazole rings is 1. The van der Waals surface area contributed by atoms with Gasteiger partial charge in [0.25, 0.3) is 0 Å². The van der Waals surface area contributed by atoms with Gasteiger partial charge in [0.15, 0.2) is 11.5 Å². The van der Waals surface area contributed by atoms with Crippen LogP contribution in [-0.2, 0) is 15.8 Å². The van der Waals surface area contributed by atoms with Crippen LogP contribution >= 0.6 is 7.60 Å². The molecule has 2 heterocycles. The van der Waals surface area contributed by atoms with Crippen molar-refractivity contribution in [3.63, 3.8) is 0 Å². The Morgan fingerprint density at radius 3 is 2.82 bits per heavy atom. The highest BCUT2D eigenvalue weighted by Gasteiger charge is 2.14. The Labute approximate surface area is 126 Å². The smallest absolute Gasteiger partial charge is 0.350 e. The average molecular weight is 328 g/mol. The lowest BCUT2D eigenvalue weighted by Gasteiger charge is -2.10. The summed E-state index contributed by atoms with van der Waals surface area (Å²) in [6.45, 7) is 2.26. The molecular weight excluding hydrogens is 311 g/mol. The summed E-state index contributed by atoms with van der Waals surface area (Å²) >= 11 is 0. The molecule has 10 nitrogen and oxygen atoms in total. The zero-order valence-corrected chi connectivity index (χ0v) is 12.8. The zero-order valence-electron chi connectivity index (χ0n) is 11.9. The van der Waals surface area contributed by atoms with E-state index < -0.39 is 13.9 Å². The SMILES string of the molecule is C/C=C(/COCP(=O)(O)O)Cn1cnc2c(N)nc(N)nc21. The topological polar surface area (TPSA) is 162 Å². The highest BCUT2D eigenvalue weighted by Crippen LogP contribution is 2.34. The van der Waals surface area contributed by atoms with E-state index >= 15 is 0 Å². The van der Waals surface area contributed by atoms with Crippen molar-refractivity contribution < 1.29 is 19.1 Å². The standard InChI is InChI=1S/C11H17N6O4P/c1-2-7(4-21-6-22(18,19)20)3-17-5-14-8-9(12)15-11(13)16-10(8)17/h2,5H,3-4,6H2,1H3,(H2,18,19,20)(H4,12,13,15,16)/b7-2+. The number of nitrogen functional groups attached to an aromatic ring is 2. The highest BCUT2D eigenvalue weighted by atomic mass is 31.2. The van der Waals surface area contributed by atoms with Gasteiger partial charge in [0, 0.05) is 6.54 Å². The van der Waals surface area contributed by atoms with Crippen molar-refractivity contribution in [1.82, 2.24) is 19.5 Å². The molecule has 0 atom stereocenters. The molecule has 2 aromatic rings. The summed E-state index contributed by atoms with van der Waals surface area (Å²) in [5, 5.41) is 0. The molecule has 0 fully saturated rings. The Kier molecular flexibility index (Phi) is 4.77. The van der Waals surface area contributed by atoms with Crippen LogP contribution in [-0.4, -0.2) is 42.3 Å². The largest absolute Gasteiger partial charge is 0.382 e. The van der Waals surface area contributed by atoms with Crippen LogP contribution in [0, 0.1) is 0 Å². The van der Waals surface area contributed by atoms with Gasteiger partial charge in [-0.2, -0.15) is 9.97 Å². The molecule has 2 aromatic heterocycles. The molecule has 0 aromatic carbocycles. The molecule has 0 aliphatic carbocycles. The predicted octanol–water partition coefficient (Wildman–Crippen LogP) is 0.0888. The maximum absolute atomic E-state index is 10.8. The van der Waals surface area contributed by atoms with Crippen molar-refractivity contribution in [1.29, 1.82) is 0 Å². The molecule has 0 spiro atoms. The van der Waals surface area contributed by atoms with Gasteiger partial charge in [-0.05, 0) is 12.5 Å². The lowest BCUT2D eigenvalue weighted by atomic mass is 10.2. The maximum Gasteiger partial charge on any atom is 0.350 e. The Hall–Kier alpha value is -2.00. The van der Waals surface area contributed by atoms with Gasteiger partial charge in [-0.25, -0.2) is 4.98 Å². The summed E-state index contributed by atoms with van der Waals surface area (Å²) in [7, 11) is -4.18. The van der Waals surface area contributed by atoms with Gasteiger partial charge in [-0.3, -0.25) is 4.57 Å². The highest BCUT2D eigenvalue weighted by molar-refractivity contribution is 7.51. The number of rotatable bonds is 6. The van der Waals surface area contributed by atoms with E-state index in [1.54, 1.807) is 23.9 Å². The number of aromatic nitrogens is 4. The molecule has 0 unspecified atom stereocenters. The summed E-state index contributed by atoms with van der Waals surface area (Å²) in [5.41, 5.74) is 13.0. The van der Waals surface area contributed by atoms with Crippen LogP contribution in [0.5, 0.6) is 0 Å². The minimum absolute atomic E-state index is 0.0477. The van der Waals surface area contributed by atoms with E-state index in [2.05, 4.69) is 15.0 Å². The van der Waals surface area contributed by atoms with Gasteiger partial charge < -0.3 is 30.6 Å². The molecule has 6 N–H and O–H groups in total. The monoisotopic (exact) mass is 328 g/mol. The number of anilines is 2. The summed E-state index contributed by atoms with van der Waals surface area (Å²) in [6.07, 6.45) is 2.71. The van der Waals surface area contributed by atoms with Crippen LogP contribution in [0.25, 0.3) is 11.2 Å². The second-order valence-electron chi connectivity index (χ2n) is 4.60. The number of hydrogen-bond acceptors (Lipinski definition) is 7. The second kappa shape index (κ2) is 6.41. The van der Waals surface area contributed by atoms with E-state index in [4.69, 9.17) is 26.0 Å². The van der Waals surface area contributed by atoms with Crippen LogP contribution < -0.4 is 11.5 Å². The van der Waals surface area contributed by atoms with E-state index in [1.165, 1.54) is 0 Å². The first kappa shape index (κ1) is 16.4. The predicted molar refractivity (Wildman–Crippen MR) is 80.8 cm³/mol. The normalized spacial score (nSPS) is 13.0. The molecule has 2 rings (SSSR count). The molecule has 0 aliphatic rings. The Morgan fingerprint density at radius 1 is 1.45 bits per heavy atom. The lowest BCUT2D eigenvalue weighted by Crippen LogP contribution is -2.08. The fourth-order valence-electron chi connectivity index (χ4n) is 1.83. The van der Waals surface area contributed by atoms with E-state index in [1.807, 2.05) is 0 Å². The number of fused-ring (bicyclic) bond motifs is 1. The van der Waals surface area contributed by atoms with Crippen LogP contribution in [0.1, 0.15) is 6.92 Å². The van der Waals surface area contributed by atoms with Crippen molar-refractivity contribution in [2.24, 2.45) is 0 Å². The quantitative estimate of drug-likeness (QED) is 0.425. The van der Waals surface area contributed by atoms with Gasteiger partial charge in [0.2, 0.25) is 5.95 Å². The van der Waals surface area contributed by atoms with Crippen molar-refractivity contribution >= 4 is 30.5 Å². The van der Waals surface area contributed by atoms with Crippen molar-refractivity contribution in [2.45, 2.75) is 13.5 Å². The number of nitrogens with two attached hydrogens (primary N) is 2. The van der Waals surface area contributed by atoms with E-state index in [0.29, 0.717) is 17.7 Å². The molecule has 0 saturated heterocycles. The molecule has 22 heavy (non-hydrogen) atoms. The number of nitrogens with zero attached hydrogens (tertiary/aromatic N) is 4.